The molecular formula is C20H5Cl4I4NaO5. The number of benzene rings is 3. The van der Waals surface area contributed by atoms with Crippen LogP contribution in [-0.2, 0) is 10.3 Å². The smallest absolute Gasteiger partial charge is 1.00 e. The number of phenolic OH excluding ortho intramolecular Hbond substituents is 2. The molecule has 0 fully saturated rings. The summed E-state index contributed by atoms with van der Waals surface area (Å²) in [4.78, 5) is 13.3. The zero-order chi connectivity index (χ0) is 24.1. The van der Waals surface area contributed by atoms with Crippen LogP contribution in [0.1, 0.15) is 28.5 Å². The van der Waals surface area contributed by atoms with Crippen LogP contribution in [0.15, 0.2) is 12.1 Å². The van der Waals surface area contributed by atoms with Crippen LogP contribution < -0.4 is 34.3 Å². The van der Waals surface area contributed by atoms with E-state index in [0.717, 1.165) is 0 Å². The summed E-state index contributed by atoms with van der Waals surface area (Å²) in [6.45, 7) is 0. The number of hydrogen-bond acceptors (Lipinski definition) is 5. The standard InChI is InChI=1S/C20H4Cl4I4O5.Na.H/c21-8-5-6(9(22)11(24)10(8)23)20(33-19(5)31)3-1-2-4(29)12(25)17(3)32-18-7(20)13(26)14(27)16(30)15(18)28;;/h1-2,29-30H;;/q;+1;-1. The van der Waals surface area contributed by atoms with Crippen molar-refractivity contribution in [2.24, 2.45) is 0 Å². The predicted octanol–water partition coefficient (Wildman–Crippen LogP) is 5.81. The van der Waals surface area contributed by atoms with Gasteiger partial charge in [-0.05, 0) is 102 Å². The Hall–Kier alpha value is 1.61. The molecule has 172 valence electrons. The fourth-order valence-electron chi connectivity index (χ4n) is 3.96. The fraction of sp³-hybridized carbons (Fsp3) is 0.0500. The van der Waals surface area contributed by atoms with Crippen LogP contribution in [0, 0.1) is 14.3 Å². The molecule has 2 heterocycles. The Morgan fingerprint density at radius 2 is 1.41 bits per heavy atom. The van der Waals surface area contributed by atoms with E-state index in [1.165, 1.54) is 6.07 Å². The van der Waals surface area contributed by atoms with E-state index in [1.54, 1.807) is 6.07 Å². The Bertz CT molecular complexity index is 1480. The average Bonchev–Trinajstić information content (AvgIpc) is 3.08. The van der Waals surface area contributed by atoms with E-state index in [0.29, 0.717) is 25.4 Å². The Labute approximate surface area is 290 Å². The van der Waals surface area contributed by atoms with Crippen molar-refractivity contribution in [3.63, 3.8) is 0 Å². The van der Waals surface area contributed by atoms with Gasteiger partial charge in [-0.15, -0.1) is 0 Å². The van der Waals surface area contributed by atoms with Gasteiger partial charge in [0, 0.05) is 14.7 Å². The summed E-state index contributed by atoms with van der Waals surface area (Å²) in [7, 11) is 0. The van der Waals surface area contributed by atoms with E-state index in [-0.39, 0.29) is 85.2 Å². The number of esters is 1. The Morgan fingerprint density at radius 1 is 0.794 bits per heavy atom. The second kappa shape index (κ2) is 9.97. The molecule has 0 saturated heterocycles. The minimum absolute atomic E-state index is 0. The summed E-state index contributed by atoms with van der Waals surface area (Å²) >= 11 is 33.8. The van der Waals surface area contributed by atoms with Gasteiger partial charge in [0.25, 0.3) is 0 Å². The van der Waals surface area contributed by atoms with Crippen LogP contribution >= 0.6 is 137 Å². The molecule has 5 rings (SSSR count). The van der Waals surface area contributed by atoms with Crippen LogP contribution in [0.2, 0.25) is 20.1 Å². The molecule has 0 radical (unpaired) electrons. The molecule has 3 aromatic carbocycles. The van der Waals surface area contributed by atoms with Crippen molar-refractivity contribution >= 4 is 143 Å². The van der Waals surface area contributed by atoms with Crippen molar-refractivity contribution in [2.75, 3.05) is 0 Å². The normalized spacial score (nSPS) is 17.5. The Morgan fingerprint density at radius 3 is 2.06 bits per heavy atom. The van der Waals surface area contributed by atoms with Gasteiger partial charge in [0.1, 0.15) is 11.5 Å². The third-order valence-corrected chi connectivity index (χ3v) is 12.3. The first-order valence-corrected chi connectivity index (χ1v) is 14.5. The van der Waals surface area contributed by atoms with Gasteiger partial charge in [-0.1, -0.05) is 46.4 Å². The van der Waals surface area contributed by atoms with Gasteiger partial charge >= 0.3 is 35.5 Å². The molecular weight excluding hydrogens is 993 g/mol. The van der Waals surface area contributed by atoms with Crippen LogP contribution in [0.4, 0.5) is 0 Å². The number of ether oxygens (including phenoxy) is 2. The molecule has 0 aromatic heterocycles. The van der Waals surface area contributed by atoms with E-state index in [9.17, 15) is 15.0 Å². The van der Waals surface area contributed by atoms with Gasteiger partial charge in [-0.2, -0.15) is 0 Å². The monoisotopic (exact) mass is 995 g/mol. The number of fused-ring (bicyclic) bond motifs is 6. The van der Waals surface area contributed by atoms with Crippen molar-refractivity contribution in [3.8, 4) is 23.0 Å². The zero-order valence-corrected chi connectivity index (χ0v) is 30.0. The topological polar surface area (TPSA) is 76.0 Å². The number of carbonyl (C=O) groups excluding carboxylic acids is 1. The molecule has 1 spiro atoms. The van der Waals surface area contributed by atoms with Gasteiger partial charge in [-0.25, -0.2) is 4.79 Å². The second-order valence-electron chi connectivity index (χ2n) is 6.95. The minimum atomic E-state index is -1.62. The quantitative estimate of drug-likeness (QED) is 0.0979. The summed E-state index contributed by atoms with van der Waals surface area (Å²) in [5.41, 5.74) is -0.548. The summed E-state index contributed by atoms with van der Waals surface area (Å²) in [5, 5.41) is 20.9. The van der Waals surface area contributed by atoms with E-state index >= 15 is 0 Å². The number of phenols is 2. The first-order chi connectivity index (χ1) is 15.4. The van der Waals surface area contributed by atoms with Gasteiger partial charge in [-0.3, -0.25) is 0 Å². The summed E-state index contributed by atoms with van der Waals surface area (Å²) < 4.78 is 14.2. The van der Waals surface area contributed by atoms with Crippen molar-refractivity contribution in [3.05, 3.63) is 68.8 Å². The molecule has 3 aromatic rings. The van der Waals surface area contributed by atoms with E-state index in [1.807, 2.05) is 67.8 Å². The third-order valence-electron chi connectivity index (χ3n) is 5.34. The molecule has 14 heteroatoms. The van der Waals surface area contributed by atoms with Crippen molar-refractivity contribution in [1.29, 1.82) is 0 Å². The van der Waals surface area contributed by atoms with Gasteiger partial charge in [0.15, 0.2) is 17.1 Å². The number of halogens is 8. The van der Waals surface area contributed by atoms with Crippen LogP contribution in [-0.4, -0.2) is 16.2 Å². The molecule has 0 aliphatic carbocycles. The number of aromatic hydroxyl groups is 2. The van der Waals surface area contributed by atoms with Crippen molar-refractivity contribution in [2.45, 2.75) is 5.60 Å². The van der Waals surface area contributed by atoms with Gasteiger partial charge < -0.3 is 21.1 Å². The van der Waals surface area contributed by atoms with Gasteiger partial charge in [0.05, 0.1) is 41.9 Å². The van der Waals surface area contributed by atoms with Crippen molar-refractivity contribution < 1.29 is 55.5 Å². The SMILES string of the molecule is O=C1OC2(c3ccc(O)c(I)c3Oc3c(I)c(O)c(I)c(I)c32)c2c(Cl)c(Cl)c(Cl)c(Cl)c21.[H-].[Na+]. The predicted molar refractivity (Wildman–Crippen MR) is 160 cm³/mol. The molecule has 34 heavy (non-hydrogen) atoms. The average molecular weight is 998 g/mol. The molecule has 1 unspecified atom stereocenters. The van der Waals surface area contributed by atoms with Gasteiger partial charge in [0.2, 0.25) is 0 Å². The molecule has 1 atom stereocenters. The maximum absolute atomic E-state index is 13.3. The summed E-state index contributed by atoms with van der Waals surface area (Å²) in [6, 6.07) is 3.06. The molecule has 0 bridgehead atoms. The zero-order valence-electron chi connectivity index (χ0n) is 17.3. The first kappa shape index (κ1) is 28.6. The minimum Gasteiger partial charge on any atom is -1.00 e. The molecule has 5 nitrogen and oxygen atoms in total. The Kier molecular flexibility index (Phi) is 8.39. The number of carbonyl (C=O) groups is 1. The molecule has 2 N–H and O–H groups in total. The maximum atomic E-state index is 13.3. The van der Waals surface area contributed by atoms with Crippen LogP contribution in [0.25, 0.3) is 0 Å². The number of hydrogen-bond donors (Lipinski definition) is 2. The fourth-order valence-corrected chi connectivity index (χ4v) is 8.19. The first-order valence-electron chi connectivity index (χ1n) is 8.64. The molecule has 2 aliphatic rings. The second-order valence-corrected chi connectivity index (χ2v) is 12.8. The van der Waals surface area contributed by atoms with Crippen molar-refractivity contribution in [1.82, 2.24) is 0 Å². The molecule has 2 aliphatic heterocycles. The maximum Gasteiger partial charge on any atom is 1.00 e. The number of rotatable bonds is 0. The molecule has 0 amide bonds. The van der Waals surface area contributed by atoms with E-state index < -0.39 is 11.6 Å². The van der Waals surface area contributed by atoms with Crippen LogP contribution in [0.5, 0.6) is 23.0 Å². The van der Waals surface area contributed by atoms with E-state index in [4.69, 9.17) is 55.9 Å². The van der Waals surface area contributed by atoms with E-state index in [2.05, 4.69) is 22.6 Å². The summed E-state index contributed by atoms with van der Waals surface area (Å²) in [6.07, 6.45) is 0. The summed E-state index contributed by atoms with van der Waals surface area (Å²) in [5.74, 6) is -0.262. The Balaban J connectivity index is 0.00000171. The molecule has 0 saturated carbocycles. The largest absolute Gasteiger partial charge is 1.00 e. The van der Waals surface area contributed by atoms with Crippen LogP contribution in [0.3, 0.4) is 0 Å². The third kappa shape index (κ3) is 3.75.